The van der Waals surface area contributed by atoms with Crippen LogP contribution in [-0.4, -0.2) is 0 Å². The molecule has 0 fully saturated rings. The summed E-state index contributed by atoms with van der Waals surface area (Å²) in [7, 11) is 0. The third-order valence-electron chi connectivity index (χ3n) is 11.3. The van der Waals surface area contributed by atoms with E-state index in [0.29, 0.717) is 0 Å². The Bertz CT molecular complexity index is 3220. The number of hydrogen-bond donors (Lipinski definition) is 0. The molecule has 0 bridgehead atoms. The molecule has 0 radical (unpaired) electrons. The first-order valence-corrected chi connectivity index (χ1v) is 20.0. The minimum Gasteiger partial charge on any atom is -0.311 e. The Balaban J connectivity index is 0.973. The SMILES string of the molecule is c1ccc2c(-c3ccc(N(c4ccc(-c5ccc6c(ccc7ccccc76)c5)cc4)c4ccc(-c5ccc6sc7ccccc7c6c5)cc4)cc3)cccc2c1. The lowest BCUT2D eigenvalue weighted by Gasteiger charge is -2.26. The van der Waals surface area contributed by atoms with Gasteiger partial charge in [-0.1, -0.05) is 152 Å². The fourth-order valence-electron chi connectivity index (χ4n) is 8.42. The highest BCUT2D eigenvalue weighted by atomic mass is 32.1. The summed E-state index contributed by atoms with van der Waals surface area (Å²) in [4.78, 5) is 2.36. The van der Waals surface area contributed by atoms with Gasteiger partial charge < -0.3 is 4.90 Å². The van der Waals surface area contributed by atoms with Gasteiger partial charge in [-0.3, -0.25) is 0 Å². The number of hydrogen-bond acceptors (Lipinski definition) is 2. The van der Waals surface area contributed by atoms with Crippen LogP contribution < -0.4 is 4.90 Å². The Kier molecular flexibility index (Phi) is 7.75. The first-order chi connectivity index (χ1) is 27.7. The van der Waals surface area contributed by atoms with Crippen LogP contribution in [0.3, 0.4) is 0 Å². The summed E-state index contributed by atoms with van der Waals surface area (Å²) in [6.07, 6.45) is 0. The van der Waals surface area contributed by atoms with Crippen molar-refractivity contribution in [3.05, 3.63) is 212 Å². The molecule has 11 rings (SSSR count). The van der Waals surface area contributed by atoms with Crippen molar-refractivity contribution in [2.75, 3.05) is 4.90 Å². The van der Waals surface area contributed by atoms with Crippen molar-refractivity contribution in [2.45, 2.75) is 0 Å². The van der Waals surface area contributed by atoms with Crippen LogP contribution in [-0.2, 0) is 0 Å². The summed E-state index contributed by atoms with van der Waals surface area (Å²) in [5.74, 6) is 0. The summed E-state index contributed by atoms with van der Waals surface area (Å²) in [5.41, 5.74) is 10.6. The molecule has 56 heavy (non-hydrogen) atoms. The van der Waals surface area contributed by atoms with Gasteiger partial charge in [0.15, 0.2) is 0 Å². The van der Waals surface area contributed by atoms with Crippen LogP contribution in [0.15, 0.2) is 212 Å². The minimum absolute atomic E-state index is 1.11. The summed E-state index contributed by atoms with van der Waals surface area (Å²) in [6, 6.07) is 77.7. The molecule has 0 atom stereocenters. The van der Waals surface area contributed by atoms with E-state index >= 15 is 0 Å². The second-order valence-corrected chi connectivity index (χ2v) is 15.6. The zero-order valence-electron chi connectivity index (χ0n) is 30.6. The summed E-state index contributed by atoms with van der Waals surface area (Å²) >= 11 is 1.86. The lowest BCUT2D eigenvalue weighted by Crippen LogP contribution is -2.09. The smallest absolute Gasteiger partial charge is 0.0462 e. The molecule has 262 valence electrons. The van der Waals surface area contributed by atoms with Crippen molar-refractivity contribution in [3.8, 4) is 33.4 Å². The predicted molar refractivity (Wildman–Crippen MR) is 243 cm³/mol. The van der Waals surface area contributed by atoms with Gasteiger partial charge in [-0.05, 0) is 126 Å². The molecule has 0 saturated carbocycles. The monoisotopic (exact) mass is 729 g/mol. The van der Waals surface area contributed by atoms with E-state index in [1.807, 2.05) is 11.3 Å². The fraction of sp³-hybridized carbons (Fsp3) is 0. The van der Waals surface area contributed by atoms with Gasteiger partial charge in [-0.25, -0.2) is 0 Å². The van der Waals surface area contributed by atoms with Crippen LogP contribution in [0.4, 0.5) is 17.1 Å². The van der Waals surface area contributed by atoms with Crippen LogP contribution in [0.1, 0.15) is 0 Å². The van der Waals surface area contributed by atoms with Gasteiger partial charge in [0.2, 0.25) is 0 Å². The maximum Gasteiger partial charge on any atom is 0.0462 e. The molecule has 1 aromatic heterocycles. The molecule has 0 N–H and O–H groups in total. The second kappa shape index (κ2) is 13.4. The number of rotatable bonds is 6. The van der Waals surface area contributed by atoms with Crippen molar-refractivity contribution in [3.63, 3.8) is 0 Å². The van der Waals surface area contributed by atoms with Crippen LogP contribution in [0.25, 0.3) is 85.9 Å². The largest absolute Gasteiger partial charge is 0.311 e. The van der Waals surface area contributed by atoms with Crippen LogP contribution >= 0.6 is 11.3 Å². The first-order valence-electron chi connectivity index (χ1n) is 19.2. The topological polar surface area (TPSA) is 3.24 Å². The Morgan fingerprint density at radius 3 is 1.46 bits per heavy atom. The Morgan fingerprint density at radius 2 is 0.750 bits per heavy atom. The van der Waals surface area contributed by atoms with Gasteiger partial charge in [0.05, 0.1) is 0 Å². The predicted octanol–water partition coefficient (Wildman–Crippen LogP) is 16.0. The third kappa shape index (κ3) is 5.62. The molecule has 10 aromatic carbocycles. The summed E-state index contributed by atoms with van der Waals surface area (Å²) < 4.78 is 2.66. The van der Waals surface area contributed by atoms with E-state index in [1.54, 1.807) is 0 Å². The number of anilines is 3. The summed E-state index contributed by atoms with van der Waals surface area (Å²) in [5, 5.41) is 10.3. The molecular formula is C54H35NS. The third-order valence-corrected chi connectivity index (χ3v) is 12.4. The maximum absolute atomic E-state index is 2.36. The van der Waals surface area contributed by atoms with E-state index in [1.165, 1.54) is 85.9 Å². The number of nitrogens with zero attached hydrogens (tertiary/aromatic N) is 1. The Hall–Kier alpha value is -7.00. The average molecular weight is 730 g/mol. The highest BCUT2D eigenvalue weighted by Gasteiger charge is 2.15. The molecule has 0 spiro atoms. The lowest BCUT2D eigenvalue weighted by molar-refractivity contribution is 1.28. The normalized spacial score (nSPS) is 11.6. The van der Waals surface area contributed by atoms with Gasteiger partial charge >= 0.3 is 0 Å². The van der Waals surface area contributed by atoms with Gasteiger partial charge in [0, 0.05) is 37.2 Å². The molecule has 1 heterocycles. The van der Waals surface area contributed by atoms with Gasteiger partial charge in [0.25, 0.3) is 0 Å². The molecule has 0 aliphatic heterocycles. The van der Waals surface area contributed by atoms with Crippen LogP contribution in [0, 0.1) is 0 Å². The molecule has 0 saturated heterocycles. The van der Waals surface area contributed by atoms with Crippen molar-refractivity contribution in [2.24, 2.45) is 0 Å². The second-order valence-electron chi connectivity index (χ2n) is 14.5. The molecule has 0 aliphatic carbocycles. The summed E-state index contributed by atoms with van der Waals surface area (Å²) in [6.45, 7) is 0. The van der Waals surface area contributed by atoms with E-state index in [4.69, 9.17) is 0 Å². The molecule has 11 aromatic rings. The molecule has 1 nitrogen and oxygen atoms in total. The van der Waals surface area contributed by atoms with E-state index in [9.17, 15) is 0 Å². The van der Waals surface area contributed by atoms with Crippen LogP contribution in [0.2, 0.25) is 0 Å². The van der Waals surface area contributed by atoms with E-state index in [-0.39, 0.29) is 0 Å². The zero-order chi connectivity index (χ0) is 37.0. The van der Waals surface area contributed by atoms with Crippen LogP contribution in [0.5, 0.6) is 0 Å². The number of fused-ring (bicyclic) bond motifs is 7. The van der Waals surface area contributed by atoms with E-state index in [0.717, 1.165) is 17.1 Å². The average Bonchev–Trinajstić information content (AvgIpc) is 3.65. The lowest BCUT2D eigenvalue weighted by atomic mass is 9.97. The highest BCUT2D eigenvalue weighted by molar-refractivity contribution is 7.25. The molecular weight excluding hydrogens is 695 g/mol. The first kappa shape index (κ1) is 32.4. The molecule has 2 heteroatoms. The van der Waals surface area contributed by atoms with Gasteiger partial charge in [0.1, 0.15) is 0 Å². The quantitative estimate of drug-likeness (QED) is 0.154. The van der Waals surface area contributed by atoms with Crippen molar-refractivity contribution >= 4 is 80.9 Å². The van der Waals surface area contributed by atoms with Crippen molar-refractivity contribution in [1.82, 2.24) is 0 Å². The number of thiophene rings is 1. The minimum atomic E-state index is 1.11. The fourth-order valence-corrected chi connectivity index (χ4v) is 9.51. The molecule has 0 unspecified atom stereocenters. The Morgan fingerprint density at radius 1 is 0.268 bits per heavy atom. The zero-order valence-corrected chi connectivity index (χ0v) is 31.4. The van der Waals surface area contributed by atoms with Gasteiger partial charge in [-0.15, -0.1) is 11.3 Å². The highest BCUT2D eigenvalue weighted by Crippen LogP contribution is 2.40. The molecule has 0 aliphatic rings. The number of benzene rings is 10. The van der Waals surface area contributed by atoms with E-state index in [2.05, 4.69) is 217 Å². The van der Waals surface area contributed by atoms with Gasteiger partial charge in [-0.2, -0.15) is 0 Å². The Labute approximate surface area is 330 Å². The standard InChI is InChI=1S/C54H35NS/c1-3-11-47-38(8-1)10-7-14-49(47)40-22-30-46(31-23-40)55(45-28-20-37(21-29-45)42-25-33-54-52(35-42)51-13-5-6-15-53(51)56-54)44-26-18-36(19-27-44)41-24-32-50-43(34-41)17-16-39-9-2-4-12-48(39)50/h1-35H. The van der Waals surface area contributed by atoms with E-state index < -0.39 is 0 Å². The molecule has 0 amide bonds. The van der Waals surface area contributed by atoms with Crippen molar-refractivity contribution in [1.29, 1.82) is 0 Å². The van der Waals surface area contributed by atoms with Crippen molar-refractivity contribution < 1.29 is 0 Å². The maximum atomic E-state index is 2.36.